The molecule has 0 spiro atoms. The average molecular weight is 421 g/mol. The highest BCUT2D eigenvalue weighted by atomic mass is 19.4. The zero-order chi connectivity index (χ0) is 21.6. The van der Waals surface area contributed by atoms with Crippen LogP contribution in [0.5, 0.6) is 0 Å². The zero-order valence-corrected chi connectivity index (χ0v) is 15.3. The van der Waals surface area contributed by atoms with Crippen molar-refractivity contribution < 1.29 is 42.5 Å². The molecule has 0 radical (unpaired) electrons. The van der Waals surface area contributed by atoms with E-state index in [1.165, 1.54) is 0 Å². The van der Waals surface area contributed by atoms with E-state index in [9.17, 15) is 22.8 Å². The van der Waals surface area contributed by atoms with Crippen molar-refractivity contribution in [1.82, 2.24) is 14.9 Å². The highest BCUT2D eigenvalue weighted by Gasteiger charge is 2.38. The van der Waals surface area contributed by atoms with Crippen LogP contribution in [0.1, 0.15) is 25.7 Å². The summed E-state index contributed by atoms with van der Waals surface area (Å²) in [6, 6.07) is -0.0494. The number of rotatable bonds is 5. The van der Waals surface area contributed by atoms with Crippen LogP contribution >= 0.6 is 0 Å². The number of aromatic nitrogens is 2. The van der Waals surface area contributed by atoms with Gasteiger partial charge in [-0.05, 0) is 25.7 Å². The minimum Gasteiger partial charge on any atom is -0.481 e. The van der Waals surface area contributed by atoms with Crippen LogP contribution in [0.25, 0.3) is 0 Å². The van der Waals surface area contributed by atoms with Gasteiger partial charge in [0.05, 0.1) is 12.2 Å². The van der Waals surface area contributed by atoms with Gasteiger partial charge in [-0.25, -0.2) is 9.78 Å². The van der Waals surface area contributed by atoms with Crippen molar-refractivity contribution in [2.75, 3.05) is 6.61 Å². The molecule has 3 rings (SSSR count). The number of aliphatic carboxylic acids is 2. The van der Waals surface area contributed by atoms with Crippen LogP contribution in [0.2, 0.25) is 0 Å². The first-order valence-corrected chi connectivity index (χ1v) is 8.98. The van der Waals surface area contributed by atoms with Crippen molar-refractivity contribution in [1.29, 1.82) is 0 Å². The standard InChI is InChI=1S/C15H21N3O4.C2HF3O2/c19-14(17-12-2-1-10(7-12)15(20)21)13-11(3-6-22-13)8-18-5-4-16-9-18;3-2(4,5)1(6)7/h4-5,9-13H,1-3,6-8H2,(H,17,19)(H,20,21);(H,6,7)/t10-,11-,12+,13-;/m1./s1. The van der Waals surface area contributed by atoms with Gasteiger partial charge in [-0.2, -0.15) is 13.2 Å². The molecule has 1 amide bonds. The number of amides is 1. The number of carbonyl (C=O) groups is 3. The maximum atomic E-state index is 12.4. The SMILES string of the molecule is O=C(O)C(F)(F)F.O=C(O)[C@@H]1CC[C@H](NC(=O)[C@@H]2OCC[C@@H]2Cn2ccnc2)C1. The molecule has 0 aromatic carbocycles. The number of carbonyl (C=O) groups excluding carboxylic acids is 1. The van der Waals surface area contributed by atoms with E-state index in [0.29, 0.717) is 26.0 Å². The third-order valence-electron chi connectivity index (χ3n) is 4.85. The molecule has 4 atom stereocenters. The van der Waals surface area contributed by atoms with Gasteiger partial charge in [-0.15, -0.1) is 0 Å². The Hall–Kier alpha value is -2.63. The Morgan fingerprint density at radius 2 is 1.90 bits per heavy atom. The maximum Gasteiger partial charge on any atom is 0.490 e. The Morgan fingerprint density at radius 1 is 1.21 bits per heavy atom. The molecule has 3 N–H and O–H groups in total. The van der Waals surface area contributed by atoms with E-state index in [4.69, 9.17) is 19.7 Å². The summed E-state index contributed by atoms with van der Waals surface area (Å²) in [6.45, 7) is 1.29. The first kappa shape index (κ1) is 22.7. The molecule has 1 saturated heterocycles. The molecule has 2 fully saturated rings. The molecule has 9 nitrogen and oxygen atoms in total. The fourth-order valence-electron chi connectivity index (χ4n) is 3.40. The molecule has 1 aromatic heterocycles. The number of hydrogen-bond acceptors (Lipinski definition) is 5. The minimum atomic E-state index is -5.08. The Bertz CT molecular complexity index is 710. The van der Waals surface area contributed by atoms with Crippen LogP contribution < -0.4 is 5.32 Å². The predicted octanol–water partition coefficient (Wildman–Crippen LogP) is 1.29. The number of ether oxygens (including phenoxy) is 1. The van der Waals surface area contributed by atoms with Crippen molar-refractivity contribution in [2.45, 2.75) is 50.6 Å². The van der Waals surface area contributed by atoms with Crippen LogP contribution in [-0.2, 0) is 25.7 Å². The topological polar surface area (TPSA) is 131 Å². The minimum absolute atomic E-state index is 0.0494. The monoisotopic (exact) mass is 421 g/mol. The lowest BCUT2D eigenvalue weighted by Crippen LogP contribution is -2.43. The van der Waals surface area contributed by atoms with Crippen molar-refractivity contribution in [3.05, 3.63) is 18.7 Å². The van der Waals surface area contributed by atoms with Gasteiger partial charge in [0.1, 0.15) is 6.10 Å². The second-order valence-electron chi connectivity index (χ2n) is 6.96. The number of hydrogen-bond donors (Lipinski definition) is 3. The van der Waals surface area contributed by atoms with Crippen LogP contribution in [0.3, 0.4) is 0 Å². The van der Waals surface area contributed by atoms with Crippen LogP contribution in [0, 0.1) is 11.8 Å². The van der Waals surface area contributed by atoms with E-state index in [0.717, 1.165) is 12.8 Å². The van der Waals surface area contributed by atoms with Crippen LogP contribution in [0.4, 0.5) is 13.2 Å². The van der Waals surface area contributed by atoms with Crippen molar-refractivity contribution in [2.24, 2.45) is 11.8 Å². The van der Waals surface area contributed by atoms with Crippen LogP contribution in [-0.4, -0.2) is 62.5 Å². The van der Waals surface area contributed by atoms with Gasteiger partial charge in [0.2, 0.25) is 5.91 Å². The molecule has 0 bridgehead atoms. The van der Waals surface area contributed by atoms with E-state index < -0.39 is 24.2 Å². The fraction of sp³-hybridized carbons (Fsp3) is 0.647. The van der Waals surface area contributed by atoms with E-state index in [2.05, 4.69) is 10.3 Å². The molecule has 0 unspecified atom stereocenters. The Kier molecular flexibility index (Phi) is 7.59. The molecule has 1 aliphatic carbocycles. The first-order chi connectivity index (χ1) is 13.6. The van der Waals surface area contributed by atoms with Crippen molar-refractivity contribution >= 4 is 17.8 Å². The summed E-state index contributed by atoms with van der Waals surface area (Å²) in [6.07, 6.45) is 2.51. The quantitative estimate of drug-likeness (QED) is 0.653. The predicted molar refractivity (Wildman–Crippen MR) is 90.7 cm³/mol. The van der Waals surface area contributed by atoms with Gasteiger partial charge in [-0.3, -0.25) is 9.59 Å². The van der Waals surface area contributed by atoms with E-state index >= 15 is 0 Å². The lowest BCUT2D eigenvalue weighted by Gasteiger charge is -2.21. The zero-order valence-electron chi connectivity index (χ0n) is 15.3. The number of alkyl halides is 3. The summed E-state index contributed by atoms with van der Waals surface area (Å²) in [4.78, 5) is 36.3. The molecule has 12 heteroatoms. The number of imidazole rings is 1. The molecular formula is C17H22F3N3O6. The summed E-state index contributed by atoms with van der Waals surface area (Å²) in [5.74, 6) is -3.85. The molecule has 1 aliphatic heterocycles. The lowest BCUT2D eigenvalue weighted by molar-refractivity contribution is -0.192. The normalized spacial score (nSPS) is 26.4. The smallest absolute Gasteiger partial charge is 0.481 e. The van der Waals surface area contributed by atoms with Crippen molar-refractivity contribution in [3.8, 4) is 0 Å². The third-order valence-corrected chi connectivity index (χ3v) is 4.85. The second kappa shape index (κ2) is 9.72. The molecule has 1 aromatic rings. The van der Waals surface area contributed by atoms with Crippen molar-refractivity contribution in [3.63, 3.8) is 0 Å². The number of carboxylic acids is 2. The number of carboxylic acid groups (broad SMARTS) is 2. The fourth-order valence-corrected chi connectivity index (χ4v) is 3.40. The molecule has 29 heavy (non-hydrogen) atoms. The van der Waals surface area contributed by atoms with Gasteiger partial charge in [0.15, 0.2) is 0 Å². The Morgan fingerprint density at radius 3 is 2.41 bits per heavy atom. The van der Waals surface area contributed by atoms with Gasteiger partial charge >= 0.3 is 18.1 Å². The maximum absolute atomic E-state index is 12.4. The summed E-state index contributed by atoms with van der Waals surface area (Å²) in [5.41, 5.74) is 0. The highest BCUT2D eigenvalue weighted by Crippen LogP contribution is 2.27. The van der Waals surface area contributed by atoms with E-state index in [1.807, 2.05) is 10.8 Å². The van der Waals surface area contributed by atoms with Gasteiger partial charge in [-0.1, -0.05) is 0 Å². The number of nitrogens with one attached hydrogen (secondary N) is 1. The van der Waals surface area contributed by atoms with Gasteiger partial charge < -0.3 is 24.8 Å². The lowest BCUT2D eigenvalue weighted by atomic mass is 10.0. The molecule has 2 heterocycles. The Balaban J connectivity index is 0.000000370. The number of halogens is 3. The third kappa shape index (κ3) is 6.73. The van der Waals surface area contributed by atoms with Gasteiger partial charge in [0.25, 0.3) is 0 Å². The molecule has 1 saturated carbocycles. The largest absolute Gasteiger partial charge is 0.490 e. The Labute approximate surface area is 163 Å². The molecule has 162 valence electrons. The molecule has 2 aliphatic rings. The van der Waals surface area contributed by atoms with Crippen LogP contribution in [0.15, 0.2) is 18.7 Å². The summed E-state index contributed by atoms with van der Waals surface area (Å²) in [5, 5.41) is 19.1. The van der Waals surface area contributed by atoms with Gasteiger partial charge in [0, 0.05) is 37.5 Å². The summed E-state index contributed by atoms with van der Waals surface area (Å²) in [7, 11) is 0. The average Bonchev–Trinajstić information content (AvgIpc) is 3.36. The first-order valence-electron chi connectivity index (χ1n) is 8.98. The second-order valence-corrected chi connectivity index (χ2v) is 6.96. The molecular weight excluding hydrogens is 399 g/mol. The highest BCUT2D eigenvalue weighted by molar-refractivity contribution is 5.82. The number of nitrogens with zero attached hydrogens (tertiary/aromatic N) is 2. The summed E-state index contributed by atoms with van der Waals surface area (Å²) >= 11 is 0. The summed E-state index contributed by atoms with van der Waals surface area (Å²) < 4.78 is 39.3. The van der Waals surface area contributed by atoms with E-state index in [1.54, 1.807) is 12.5 Å². The van der Waals surface area contributed by atoms with E-state index in [-0.39, 0.29) is 23.8 Å².